The molecule has 0 atom stereocenters. The number of hydrogen-bond acceptors (Lipinski definition) is 3. The molecule has 104 valence electrons. The minimum atomic E-state index is -1.11. The number of carbonyl (C=O) groups is 2. The van der Waals surface area contributed by atoms with E-state index in [4.69, 9.17) is 16.6 Å². The zero-order chi connectivity index (χ0) is 14.8. The molecule has 0 saturated heterocycles. The molecular formula is C12H18N4O3. The van der Waals surface area contributed by atoms with Crippen LogP contribution in [0, 0.1) is 0 Å². The van der Waals surface area contributed by atoms with E-state index in [0.29, 0.717) is 5.69 Å². The smallest absolute Gasteiger partial charge is 0.322 e. The van der Waals surface area contributed by atoms with Crippen LogP contribution in [0.25, 0.3) is 0 Å². The summed E-state index contributed by atoms with van der Waals surface area (Å²) in [6.45, 7) is 3.56. The summed E-state index contributed by atoms with van der Waals surface area (Å²) in [7, 11) is 0. The fourth-order valence-corrected chi connectivity index (χ4v) is 1.12. The zero-order valence-corrected chi connectivity index (χ0v) is 10.9. The Labute approximate surface area is 111 Å². The number of guanidine groups is 1. The van der Waals surface area contributed by atoms with Gasteiger partial charge >= 0.3 is 5.97 Å². The van der Waals surface area contributed by atoms with Crippen molar-refractivity contribution in [3.8, 4) is 0 Å². The molecule has 0 fully saturated rings. The minimum Gasteiger partial charge on any atom is -0.480 e. The molecule has 1 rings (SSSR count). The van der Waals surface area contributed by atoms with Crippen LogP contribution >= 0.6 is 0 Å². The van der Waals surface area contributed by atoms with E-state index in [0.717, 1.165) is 0 Å². The van der Waals surface area contributed by atoms with Gasteiger partial charge in [-0.2, -0.15) is 0 Å². The molecule has 0 unspecified atom stereocenters. The maximum atomic E-state index is 11.5. The van der Waals surface area contributed by atoms with Crippen molar-refractivity contribution in [3.05, 3.63) is 29.8 Å². The van der Waals surface area contributed by atoms with Crippen molar-refractivity contribution in [2.45, 2.75) is 13.8 Å². The largest absolute Gasteiger partial charge is 0.480 e. The second-order valence-electron chi connectivity index (χ2n) is 3.16. The van der Waals surface area contributed by atoms with E-state index >= 15 is 0 Å². The van der Waals surface area contributed by atoms with Gasteiger partial charge in [-0.3, -0.25) is 9.59 Å². The third-order valence-electron chi connectivity index (χ3n) is 1.77. The first-order valence-corrected chi connectivity index (χ1v) is 5.68. The van der Waals surface area contributed by atoms with Gasteiger partial charge in [0, 0.05) is 5.56 Å². The molecule has 0 aliphatic heterocycles. The van der Waals surface area contributed by atoms with Gasteiger partial charge in [0.05, 0.1) is 5.69 Å². The second-order valence-corrected chi connectivity index (χ2v) is 3.16. The number of carbonyl (C=O) groups excluding carboxylic acids is 1. The number of aliphatic imine (C=N–C) groups is 1. The van der Waals surface area contributed by atoms with Crippen LogP contribution in [0.15, 0.2) is 29.3 Å². The monoisotopic (exact) mass is 266 g/mol. The van der Waals surface area contributed by atoms with Crippen molar-refractivity contribution < 1.29 is 14.7 Å². The first kappa shape index (κ1) is 16.4. The Bertz CT molecular complexity index is 468. The number of carboxylic acid groups (broad SMARTS) is 1. The van der Waals surface area contributed by atoms with Crippen molar-refractivity contribution in [1.82, 2.24) is 5.32 Å². The molecule has 19 heavy (non-hydrogen) atoms. The molecule has 1 aromatic carbocycles. The van der Waals surface area contributed by atoms with Crippen LogP contribution < -0.4 is 16.8 Å². The van der Waals surface area contributed by atoms with Gasteiger partial charge in [-0.1, -0.05) is 19.9 Å². The molecule has 0 aliphatic rings. The van der Waals surface area contributed by atoms with Crippen LogP contribution in [0.1, 0.15) is 24.2 Å². The van der Waals surface area contributed by atoms with E-state index in [2.05, 4.69) is 10.3 Å². The average molecular weight is 266 g/mol. The average Bonchev–Trinajstić information content (AvgIpc) is 2.38. The van der Waals surface area contributed by atoms with Crippen molar-refractivity contribution in [3.63, 3.8) is 0 Å². The van der Waals surface area contributed by atoms with E-state index < -0.39 is 18.4 Å². The number of benzene rings is 1. The standard InChI is InChI=1S/C10H12N4O3.C2H6/c11-10(12)14-7-3-1-2-6(4-7)9(17)13-5-8(15)16;1-2/h1-4H,5H2,(H,13,17)(H,15,16)(H4,11,12,14);1-2H3. The summed E-state index contributed by atoms with van der Waals surface area (Å²) >= 11 is 0. The van der Waals surface area contributed by atoms with E-state index in [1.807, 2.05) is 13.8 Å². The van der Waals surface area contributed by atoms with Gasteiger partial charge in [-0.15, -0.1) is 0 Å². The zero-order valence-electron chi connectivity index (χ0n) is 10.9. The van der Waals surface area contributed by atoms with Gasteiger partial charge in [0.25, 0.3) is 5.91 Å². The van der Waals surface area contributed by atoms with Gasteiger partial charge in [0.15, 0.2) is 5.96 Å². The molecule has 1 aromatic rings. The maximum Gasteiger partial charge on any atom is 0.322 e. The number of nitrogens with one attached hydrogen (secondary N) is 1. The predicted octanol–water partition coefficient (Wildman–Crippen LogP) is 0.432. The Morgan fingerprint density at radius 3 is 2.47 bits per heavy atom. The fourth-order valence-electron chi connectivity index (χ4n) is 1.12. The highest BCUT2D eigenvalue weighted by Gasteiger charge is 2.07. The highest BCUT2D eigenvalue weighted by molar-refractivity contribution is 5.96. The van der Waals surface area contributed by atoms with Gasteiger partial charge in [-0.05, 0) is 18.2 Å². The molecule has 0 radical (unpaired) electrons. The summed E-state index contributed by atoms with van der Waals surface area (Å²) in [6, 6.07) is 6.20. The molecule has 7 nitrogen and oxygen atoms in total. The van der Waals surface area contributed by atoms with E-state index in [1.165, 1.54) is 12.1 Å². The molecule has 0 saturated carbocycles. The summed E-state index contributed by atoms with van der Waals surface area (Å²) in [5.41, 5.74) is 11.1. The normalized spacial score (nSPS) is 8.74. The third-order valence-corrected chi connectivity index (χ3v) is 1.77. The van der Waals surface area contributed by atoms with Crippen LogP contribution in [0.4, 0.5) is 5.69 Å². The van der Waals surface area contributed by atoms with Crippen molar-refractivity contribution in [2.75, 3.05) is 6.54 Å². The molecular weight excluding hydrogens is 248 g/mol. The van der Waals surface area contributed by atoms with Crippen LogP contribution in [0.2, 0.25) is 0 Å². The molecule has 0 bridgehead atoms. The lowest BCUT2D eigenvalue weighted by Gasteiger charge is -2.03. The van der Waals surface area contributed by atoms with E-state index in [-0.39, 0.29) is 11.5 Å². The highest BCUT2D eigenvalue weighted by Crippen LogP contribution is 2.13. The Hall–Kier alpha value is -2.57. The lowest BCUT2D eigenvalue weighted by molar-refractivity contribution is -0.135. The Kier molecular flexibility index (Phi) is 7.36. The summed E-state index contributed by atoms with van der Waals surface area (Å²) in [5, 5.41) is 10.6. The number of rotatable bonds is 4. The quantitative estimate of drug-likeness (QED) is 0.463. The third kappa shape index (κ3) is 6.67. The van der Waals surface area contributed by atoms with Crippen LogP contribution in [-0.2, 0) is 4.79 Å². The molecule has 7 heteroatoms. The number of aliphatic carboxylic acids is 1. The fraction of sp³-hybridized carbons (Fsp3) is 0.250. The maximum absolute atomic E-state index is 11.5. The molecule has 0 spiro atoms. The number of carboxylic acids is 1. The topological polar surface area (TPSA) is 131 Å². The summed E-state index contributed by atoms with van der Waals surface area (Å²) in [6.07, 6.45) is 0. The molecule has 0 aromatic heterocycles. The van der Waals surface area contributed by atoms with Gasteiger partial charge in [0.2, 0.25) is 0 Å². The molecule has 6 N–H and O–H groups in total. The molecule has 0 heterocycles. The lowest BCUT2D eigenvalue weighted by atomic mass is 10.2. The number of hydrogen-bond donors (Lipinski definition) is 4. The number of nitrogens with two attached hydrogens (primary N) is 2. The molecule has 0 aliphatic carbocycles. The lowest BCUT2D eigenvalue weighted by Crippen LogP contribution is -2.29. The van der Waals surface area contributed by atoms with E-state index in [9.17, 15) is 9.59 Å². The van der Waals surface area contributed by atoms with Crippen molar-refractivity contribution in [2.24, 2.45) is 16.5 Å². The second kappa shape index (κ2) is 8.51. The SMILES string of the molecule is CC.NC(N)=Nc1cccc(C(=O)NCC(=O)O)c1. The van der Waals surface area contributed by atoms with Crippen LogP contribution in [-0.4, -0.2) is 29.5 Å². The van der Waals surface area contributed by atoms with Gasteiger partial charge in [-0.25, -0.2) is 4.99 Å². The number of amides is 1. The predicted molar refractivity (Wildman–Crippen MR) is 73.2 cm³/mol. The Morgan fingerprint density at radius 2 is 1.95 bits per heavy atom. The van der Waals surface area contributed by atoms with Crippen LogP contribution in [0.3, 0.4) is 0 Å². The Balaban J connectivity index is 0.00000154. The summed E-state index contributed by atoms with van der Waals surface area (Å²) in [5.74, 6) is -1.73. The summed E-state index contributed by atoms with van der Waals surface area (Å²) < 4.78 is 0. The van der Waals surface area contributed by atoms with Crippen LogP contribution in [0.5, 0.6) is 0 Å². The number of nitrogens with zero attached hydrogens (tertiary/aromatic N) is 1. The van der Waals surface area contributed by atoms with Crippen molar-refractivity contribution >= 4 is 23.5 Å². The first-order valence-electron chi connectivity index (χ1n) is 5.68. The Morgan fingerprint density at radius 1 is 1.32 bits per heavy atom. The van der Waals surface area contributed by atoms with Gasteiger partial charge in [0.1, 0.15) is 6.54 Å². The van der Waals surface area contributed by atoms with Gasteiger partial charge < -0.3 is 21.9 Å². The van der Waals surface area contributed by atoms with Crippen molar-refractivity contribution in [1.29, 1.82) is 0 Å². The summed E-state index contributed by atoms with van der Waals surface area (Å²) in [4.78, 5) is 25.6. The highest BCUT2D eigenvalue weighted by atomic mass is 16.4. The first-order chi connectivity index (χ1) is 8.99. The van der Waals surface area contributed by atoms with E-state index in [1.54, 1.807) is 12.1 Å². The molecule has 1 amide bonds. The minimum absolute atomic E-state index is 0.118.